The van der Waals surface area contributed by atoms with E-state index in [9.17, 15) is 18.0 Å². The second-order valence-electron chi connectivity index (χ2n) is 9.12. The molecule has 7 nitrogen and oxygen atoms in total. The van der Waals surface area contributed by atoms with Gasteiger partial charge in [0.05, 0.1) is 11.9 Å². The molecule has 2 amide bonds. The number of para-hydroxylation sites is 1. The molecule has 0 radical (unpaired) electrons. The van der Waals surface area contributed by atoms with Crippen LogP contribution in [0.2, 0.25) is 0 Å². The molecule has 0 aromatic heterocycles. The molecule has 0 saturated heterocycles. The van der Waals surface area contributed by atoms with Gasteiger partial charge in [0.1, 0.15) is 6.04 Å². The molecule has 36 heavy (non-hydrogen) atoms. The van der Waals surface area contributed by atoms with Crippen LogP contribution in [0.1, 0.15) is 57.1 Å². The quantitative estimate of drug-likeness (QED) is 0.358. The van der Waals surface area contributed by atoms with E-state index in [1.54, 1.807) is 17.0 Å². The number of hydrogen-bond donors (Lipinski definition) is 1. The second kappa shape index (κ2) is 14.6. The first-order valence-electron chi connectivity index (χ1n) is 12.8. The fourth-order valence-corrected chi connectivity index (χ4v) is 5.25. The zero-order valence-corrected chi connectivity index (χ0v) is 22.9. The topological polar surface area (TPSA) is 86.8 Å². The molecule has 1 N–H and O–H groups in total. The number of unbranched alkanes of at least 4 members (excludes halogenated alkanes) is 1. The average molecular weight is 516 g/mol. The van der Waals surface area contributed by atoms with E-state index in [1.165, 1.54) is 10.6 Å². The maximum atomic E-state index is 13.4. The number of benzene rings is 2. The third kappa shape index (κ3) is 8.97. The molecule has 0 aliphatic heterocycles. The SMILES string of the molecule is CCCCNC(=O)[C@H](CC)N(CCc1ccccc1)C(=O)CCCN(c1ccccc1C)S(C)(=O)=O. The number of hydrogen-bond acceptors (Lipinski definition) is 4. The maximum Gasteiger partial charge on any atom is 0.242 e. The third-order valence-electron chi connectivity index (χ3n) is 6.24. The summed E-state index contributed by atoms with van der Waals surface area (Å²) in [6.07, 6.45) is 4.72. The van der Waals surface area contributed by atoms with E-state index in [-0.39, 0.29) is 24.8 Å². The summed E-state index contributed by atoms with van der Waals surface area (Å²) in [6, 6.07) is 16.7. The zero-order valence-electron chi connectivity index (χ0n) is 22.1. The molecule has 0 heterocycles. The van der Waals surface area contributed by atoms with Crippen molar-refractivity contribution in [3.8, 4) is 0 Å². The molecular formula is C28H41N3O4S. The van der Waals surface area contributed by atoms with Gasteiger partial charge in [-0.1, -0.05) is 68.8 Å². The summed E-state index contributed by atoms with van der Waals surface area (Å²) in [6.45, 7) is 7.06. The highest BCUT2D eigenvalue weighted by Crippen LogP contribution is 2.23. The van der Waals surface area contributed by atoms with Crippen molar-refractivity contribution in [1.29, 1.82) is 0 Å². The molecule has 2 aromatic rings. The minimum absolute atomic E-state index is 0.134. The van der Waals surface area contributed by atoms with Gasteiger partial charge >= 0.3 is 0 Å². The molecule has 2 rings (SSSR count). The number of aryl methyl sites for hydroxylation is 1. The number of amides is 2. The van der Waals surface area contributed by atoms with Crippen LogP contribution in [0.5, 0.6) is 0 Å². The van der Waals surface area contributed by atoms with Crippen molar-refractivity contribution in [2.45, 2.75) is 65.3 Å². The molecule has 0 saturated carbocycles. The summed E-state index contributed by atoms with van der Waals surface area (Å²) in [7, 11) is -3.51. The van der Waals surface area contributed by atoms with Crippen molar-refractivity contribution in [3.63, 3.8) is 0 Å². The minimum atomic E-state index is -3.51. The largest absolute Gasteiger partial charge is 0.354 e. The van der Waals surface area contributed by atoms with Crippen LogP contribution in [0.4, 0.5) is 5.69 Å². The van der Waals surface area contributed by atoms with Crippen LogP contribution in [-0.4, -0.2) is 57.1 Å². The number of nitrogens with zero attached hydrogens (tertiary/aromatic N) is 2. The van der Waals surface area contributed by atoms with Gasteiger partial charge in [0.2, 0.25) is 21.8 Å². The Balaban J connectivity index is 2.14. The number of carbonyl (C=O) groups excluding carboxylic acids is 2. The van der Waals surface area contributed by atoms with Crippen LogP contribution < -0.4 is 9.62 Å². The predicted molar refractivity (Wildman–Crippen MR) is 146 cm³/mol. The number of carbonyl (C=O) groups is 2. The highest BCUT2D eigenvalue weighted by Gasteiger charge is 2.28. The highest BCUT2D eigenvalue weighted by molar-refractivity contribution is 7.92. The lowest BCUT2D eigenvalue weighted by atomic mass is 10.1. The van der Waals surface area contributed by atoms with Crippen LogP contribution >= 0.6 is 0 Å². The van der Waals surface area contributed by atoms with Crippen LogP contribution in [0, 0.1) is 6.92 Å². The summed E-state index contributed by atoms with van der Waals surface area (Å²) in [5.74, 6) is -0.272. The average Bonchev–Trinajstić information content (AvgIpc) is 2.85. The van der Waals surface area contributed by atoms with Crippen molar-refractivity contribution in [2.75, 3.05) is 30.2 Å². The van der Waals surface area contributed by atoms with Crippen molar-refractivity contribution < 1.29 is 18.0 Å². The van der Waals surface area contributed by atoms with Gasteiger partial charge in [-0.2, -0.15) is 0 Å². The van der Waals surface area contributed by atoms with Gasteiger partial charge in [0.15, 0.2) is 0 Å². The molecule has 0 fully saturated rings. The van der Waals surface area contributed by atoms with E-state index in [2.05, 4.69) is 12.2 Å². The van der Waals surface area contributed by atoms with Crippen LogP contribution in [0.25, 0.3) is 0 Å². The maximum absolute atomic E-state index is 13.4. The second-order valence-corrected chi connectivity index (χ2v) is 11.0. The van der Waals surface area contributed by atoms with E-state index < -0.39 is 16.1 Å². The Morgan fingerprint density at radius 1 is 0.944 bits per heavy atom. The summed E-state index contributed by atoms with van der Waals surface area (Å²) >= 11 is 0. The minimum Gasteiger partial charge on any atom is -0.354 e. The molecule has 0 aliphatic carbocycles. The van der Waals surface area contributed by atoms with Gasteiger partial charge in [0.25, 0.3) is 0 Å². The van der Waals surface area contributed by atoms with Gasteiger partial charge in [-0.25, -0.2) is 8.42 Å². The fourth-order valence-electron chi connectivity index (χ4n) is 4.23. The first-order chi connectivity index (χ1) is 17.2. The smallest absolute Gasteiger partial charge is 0.242 e. The number of nitrogens with one attached hydrogen (secondary N) is 1. The van der Waals surface area contributed by atoms with E-state index in [0.717, 1.165) is 24.0 Å². The molecule has 1 atom stereocenters. The third-order valence-corrected chi connectivity index (χ3v) is 7.42. The summed E-state index contributed by atoms with van der Waals surface area (Å²) in [5, 5.41) is 2.97. The lowest BCUT2D eigenvalue weighted by Gasteiger charge is -2.31. The Hall–Kier alpha value is -2.87. The van der Waals surface area contributed by atoms with Gasteiger partial charge in [-0.05, 0) is 49.8 Å². The lowest BCUT2D eigenvalue weighted by molar-refractivity contribution is -0.140. The Morgan fingerprint density at radius 3 is 2.22 bits per heavy atom. The number of rotatable bonds is 15. The normalized spacial score (nSPS) is 12.1. The molecule has 2 aromatic carbocycles. The molecule has 0 aliphatic rings. The molecule has 0 bridgehead atoms. The fraction of sp³-hybridized carbons (Fsp3) is 0.500. The molecule has 8 heteroatoms. The van der Waals surface area contributed by atoms with E-state index in [0.29, 0.717) is 38.0 Å². The van der Waals surface area contributed by atoms with E-state index >= 15 is 0 Å². The van der Waals surface area contributed by atoms with E-state index in [4.69, 9.17) is 0 Å². The molecule has 198 valence electrons. The van der Waals surface area contributed by atoms with Crippen LogP contribution in [-0.2, 0) is 26.0 Å². The number of anilines is 1. The van der Waals surface area contributed by atoms with E-state index in [1.807, 2.05) is 56.3 Å². The van der Waals surface area contributed by atoms with Gasteiger partial charge < -0.3 is 10.2 Å². The van der Waals surface area contributed by atoms with Crippen LogP contribution in [0.3, 0.4) is 0 Å². The van der Waals surface area contributed by atoms with Crippen molar-refractivity contribution in [3.05, 3.63) is 65.7 Å². The zero-order chi connectivity index (χ0) is 26.6. The molecule has 0 unspecified atom stereocenters. The standard InChI is InChI=1S/C28H41N3O4S/c1-5-7-20-29-28(33)25(6-2)30(22-19-24-15-9-8-10-16-24)27(32)18-13-21-31(36(4,34)35)26-17-12-11-14-23(26)3/h8-12,14-17,25H,5-7,13,18-22H2,1-4H3,(H,29,33)/t25-/m0/s1. The Morgan fingerprint density at radius 2 is 1.61 bits per heavy atom. The highest BCUT2D eigenvalue weighted by atomic mass is 32.2. The predicted octanol–water partition coefficient (Wildman–Crippen LogP) is 4.31. The van der Waals surface area contributed by atoms with Gasteiger partial charge in [0, 0.05) is 26.1 Å². The Kier molecular flexibility index (Phi) is 11.9. The lowest BCUT2D eigenvalue weighted by Crippen LogP contribution is -2.50. The summed E-state index contributed by atoms with van der Waals surface area (Å²) in [4.78, 5) is 28.0. The monoisotopic (exact) mass is 515 g/mol. The van der Waals surface area contributed by atoms with Crippen molar-refractivity contribution in [2.24, 2.45) is 0 Å². The Labute approximate surface area is 216 Å². The van der Waals surface area contributed by atoms with Crippen LogP contribution in [0.15, 0.2) is 54.6 Å². The molecular weight excluding hydrogens is 474 g/mol. The summed E-state index contributed by atoms with van der Waals surface area (Å²) < 4.78 is 26.4. The summed E-state index contributed by atoms with van der Waals surface area (Å²) in [5.41, 5.74) is 2.57. The first-order valence-corrected chi connectivity index (χ1v) is 14.7. The molecule has 0 spiro atoms. The van der Waals surface area contributed by atoms with Crippen molar-refractivity contribution >= 4 is 27.5 Å². The van der Waals surface area contributed by atoms with Gasteiger partial charge in [-0.3, -0.25) is 13.9 Å². The van der Waals surface area contributed by atoms with Gasteiger partial charge in [-0.15, -0.1) is 0 Å². The first kappa shape index (κ1) is 29.4. The Bertz CT molecular complexity index is 1070. The van der Waals surface area contributed by atoms with Crippen molar-refractivity contribution in [1.82, 2.24) is 10.2 Å². The number of sulfonamides is 1.